The Bertz CT molecular complexity index is 898. The van der Waals surface area contributed by atoms with Gasteiger partial charge in [-0.2, -0.15) is 4.98 Å². The molecule has 8 heteroatoms. The molecular formula is C16H13F2N5O. The maximum Gasteiger partial charge on any atom is 0.230 e. The van der Waals surface area contributed by atoms with Gasteiger partial charge in [-0.05, 0) is 24.0 Å². The molecule has 0 saturated heterocycles. The number of benzene rings is 1. The van der Waals surface area contributed by atoms with E-state index >= 15 is 0 Å². The van der Waals surface area contributed by atoms with Gasteiger partial charge in [-0.15, -0.1) is 0 Å². The van der Waals surface area contributed by atoms with Crippen LogP contribution in [0.15, 0.2) is 35.1 Å². The molecule has 24 heavy (non-hydrogen) atoms. The smallest absolute Gasteiger partial charge is 0.230 e. The van der Waals surface area contributed by atoms with Crippen molar-refractivity contribution in [2.24, 2.45) is 0 Å². The SMILES string of the molecule is CNc1nccnc1-c1noc([C@@H]2C[C@H]2c2ccc(F)cc2F)n1. The van der Waals surface area contributed by atoms with Crippen molar-refractivity contribution in [2.75, 3.05) is 12.4 Å². The van der Waals surface area contributed by atoms with Crippen LogP contribution in [0.2, 0.25) is 0 Å². The van der Waals surface area contributed by atoms with Crippen LogP contribution in [0.4, 0.5) is 14.6 Å². The first kappa shape index (κ1) is 14.7. The lowest BCUT2D eigenvalue weighted by Gasteiger charge is -2.01. The van der Waals surface area contributed by atoms with Crippen LogP contribution >= 0.6 is 0 Å². The van der Waals surface area contributed by atoms with E-state index in [0.717, 1.165) is 6.07 Å². The Kier molecular flexibility index (Phi) is 3.44. The van der Waals surface area contributed by atoms with Gasteiger partial charge in [-0.3, -0.25) is 0 Å². The topological polar surface area (TPSA) is 76.7 Å². The molecule has 1 aromatic carbocycles. The highest BCUT2D eigenvalue weighted by molar-refractivity contribution is 5.64. The van der Waals surface area contributed by atoms with E-state index < -0.39 is 11.6 Å². The summed E-state index contributed by atoms with van der Waals surface area (Å²) in [5.74, 6) is 0.00994. The third-order valence-corrected chi connectivity index (χ3v) is 4.06. The second-order valence-electron chi connectivity index (χ2n) is 5.57. The van der Waals surface area contributed by atoms with Gasteiger partial charge in [0.15, 0.2) is 11.5 Å². The molecule has 0 spiro atoms. The zero-order chi connectivity index (χ0) is 16.7. The largest absolute Gasteiger partial charge is 0.371 e. The van der Waals surface area contributed by atoms with Gasteiger partial charge in [0.05, 0.1) is 0 Å². The zero-order valence-corrected chi connectivity index (χ0v) is 12.7. The van der Waals surface area contributed by atoms with Crippen molar-refractivity contribution >= 4 is 5.82 Å². The fraction of sp³-hybridized carbons (Fsp3) is 0.250. The summed E-state index contributed by atoms with van der Waals surface area (Å²) in [6, 6.07) is 3.61. The molecule has 1 aliphatic rings. The number of aromatic nitrogens is 4. The molecule has 1 N–H and O–H groups in total. The maximum absolute atomic E-state index is 13.9. The minimum absolute atomic E-state index is 0.0686. The highest BCUT2D eigenvalue weighted by atomic mass is 19.1. The highest BCUT2D eigenvalue weighted by Crippen LogP contribution is 2.54. The molecule has 1 aliphatic carbocycles. The standard InChI is InChI=1S/C16H13F2N5O/c1-19-14-13(20-4-5-21-14)15-22-16(24-23-15)11-7-10(11)9-3-2-8(17)6-12(9)18/h2-6,10-11H,7H2,1H3,(H,19,21)/t10-,11+/m0/s1. The van der Waals surface area contributed by atoms with Crippen LogP contribution in [0, 0.1) is 11.6 Å². The van der Waals surface area contributed by atoms with E-state index in [2.05, 4.69) is 25.4 Å². The molecule has 4 rings (SSSR count). The van der Waals surface area contributed by atoms with E-state index in [1.165, 1.54) is 12.1 Å². The van der Waals surface area contributed by atoms with E-state index in [4.69, 9.17) is 4.52 Å². The van der Waals surface area contributed by atoms with E-state index in [1.54, 1.807) is 19.4 Å². The molecule has 1 fully saturated rings. The number of hydrogen-bond acceptors (Lipinski definition) is 6. The molecule has 122 valence electrons. The van der Waals surface area contributed by atoms with Gasteiger partial charge in [0.25, 0.3) is 0 Å². The second-order valence-corrected chi connectivity index (χ2v) is 5.57. The average molecular weight is 329 g/mol. The first-order valence-electron chi connectivity index (χ1n) is 7.45. The Morgan fingerprint density at radius 2 is 2.00 bits per heavy atom. The van der Waals surface area contributed by atoms with E-state index in [9.17, 15) is 8.78 Å². The van der Waals surface area contributed by atoms with Crippen LogP contribution in [0.5, 0.6) is 0 Å². The minimum Gasteiger partial charge on any atom is -0.371 e. The average Bonchev–Trinajstić information content (AvgIpc) is 3.22. The first-order chi connectivity index (χ1) is 11.7. The summed E-state index contributed by atoms with van der Waals surface area (Å²) in [5.41, 5.74) is 0.955. The fourth-order valence-corrected chi connectivity index (χ4v) is 2.78. The van der Waals surface area contributed by atoms with E-state index in [1.807, 2.05) is 0 Å². The summed E-state index contributed by atoms with van der Waals surface area (Å²) in [7, 11) is 1.72. The Morgan fingerprint density at radius 1 is 1.17 bits per heavy atom. The normalized spacial score (nSPS) is 19.3. The van der Waals surface area contributed by atoms with Gasteiger partial charge in [0.2, 0.25) is 11.7 Å². The number of nitrogens with one attached hydrogen (secondary N) is 1. The summed E-state index contributed by atoms with van der Waals surface area (Å²) in [5, 5.41) is 6.85. The summed E-state index contributed by atoms with van der Waals surface area (Å²) >= 11 is 0. The molecule has 2 heterocycles. The summed E-state index contributed by atoms with van der Waals surface area (Å²) in [4.78, 5) is 12.7. The molecule has 6 nitrogen and oxygen atoms in total. The molecule has 2 aromatic heterocycles. The molecule has 0 aliphatic heterocycles. The van der Waals surface area contributed by atoms with Crippen molar-refractivity contribution in [3.63, 3.8) is 0 Å². The number of nitrogens with zero attached hydrogens (tertiary/aromatic N) is 4. The quantitative estimate of drug-likeness (QED) is 0.792. The summed E-state index contributed by atoms with van der Waals surface area (Å²) in [6.07, 6.45) is 3.79. The van der Waals surface area contributed by atoms with E-state index in [0.29, 0.717) is 35.2 Å². The van der Waals surface area contributed by atoms with Crippen molar-refractivity contribution in [1.29, 1.82) is 0 Å². The third-order valence-electron chi connectivity index (χ3n) is 4.06. The van der Waals surface area contributed by atoms with Crippen LogP contribution < -0.4 is 5.32 Å². The second kappa shape index (κ2) is 5.63. The Balaban J connectivity index is 1.58. The van der Waals surface area contributed by atoms with Crippen molar-refractivity contribution < 1.29 is 13.3 Å². The van der Waals surface area contributed by atoms with E-state index in [-0.39, 0.29) is 11.8 Å². The van der Waals surface area contributed by atoms with Crippen LogP contribution in [0.3, 0.4) is 0 Å². The predicted molar refractivity (Wildman–Crippen MR) is 81.3 cm³/mol. The Labute approximate surface area is 136 Å². The van der Waals surface area contributed by atoms with Crippen LogP contribution in [0.25, 0.3) is 11.5 Å². The van der Waals surface area contributed by atoms with Gasteiger partial charge in [-0.1, -0.05) is 11.2 Å². The first-order valence-corrected chi connectivity index (χ1v) is 7.45. The lowest BCUT2D eigenvalue weighted by Crippen LogP contribution is -1.98. The van der Waals surface area contributed by atoms with Gasteiger partial charge < -0.3 is 9.84 Å². The van der Waals surface area contributed by atoms with Crippen molar-refractivity contribution in [1.82, 2.24) is 20.1 Å². The predicted octanol–water partition coefficient (Wildman–Crippen LogP) is 3.12. The highest BCUT2D eigenvalue weighted by Gasteiger charge is 2.45. The Hall–Kier alpha value is -2.90. The lowest BCUT2D eigenvalue weighted by molar-refractivity contribution is 0.378. The van der Waals surface area contributed by atoms with Crippen LogP contribution in [-0.4, -0.2) is 27.2 Å². The zero-order valence-electron chi connectivity index (χ0n) is 12.7. The lowest BCUT2D eigenvalue weighted by atomic mass is 10.1. The molecule has 0 unspecified atom stereocenters. The number of hydrogen-bond donors (Lipinski definition) is 1. The molecule has 0 bridgehead atoms. The monoisotopic (exact) mass is 329 g/mol. The van der Waals surface area contributed by atoms with Crippen LogP contribution in [-0.2, 0) is 0 Å². The van der Waals surface area contributed by atoms with Gasteiger partial charge >= 0.3 is 0 Å². The van der Waals surface area contributed by atoms with Crippen LogP contribution in [0.1, 0.15) is 29.7 Å². The molecule has 0 amide bonds. The van der Waals surface area contributed by atoms with Crippen molar-refractivity contribution in [3.8, 4) is 11.5 Å². The summed E-state index contributed by atoms with van der Waals surface area (Å²) < 4.78 is 32.2. The Morgan fingerprint density at radius 3 is 2.79 bits per heavy atom. The summed E-state index contributed by atoms with van der Waals surface area (Å²) in [6.45, 7) is 0. The van der Waals surface area contributed by atoms with Crippen molar-refractivity contribution in [2.45, 2.75) is 18.3 Å². The van der Waals surface area contributed by atoms with Gasteiger partial charge in [0.1, 0.15) is 11.6 Å². The fourth-order valence-electron chi connectivity index (χ4n) is 2.78. The minimum atomic E-state index is -0.587. The molecule has 2 atom stereocenters. The molecular weight excluding hydrogens is 316 g/mol. The van der Waals surface area contributed by atoms with Crippen molar-refractivity contribution in [3.05, 3.63) is 53.7 Å². The van der Waals surface area contributed by atoms with Gasteiger partial charge in [0, 0.05) is 31.4 Å². The molecule has 1 saturated carbocycles. The molecule has 3 aromatic rings. The van der Waals surface area contributed by atoms with Gasteiger partial charge in [-0.25, -0.2) is 18.7 Å². The maximum atomic E-state index is 13.9. The third kappa shape index (κ3) is 2.49. The number of rotatable bonds is 4. The molecule has 0 radical (unpaired) electrons. The number of anilines is 1. The number of halogens is 2.